The lowest BCUT2D eigenvalue weighted by Crippen LogP contribution is -2.19. The summed E-state index contributed by atoms with van der Waals surface area (Å²) in [5.74, 6) is 0.546. The molecule has 0 bridgehead atoms. The van der Waals surface area contributed by atoms with Crippen molar-refractivity contribution in [1.82, 2.24) is 4.57 Å². The van der Waals surface area contributed by atoms with Crippen molar-refractivity contribution in [3.63, 3.8) is 0 Å². The molecule has 1 aromatic heterocycles. The Morgan fingerprint density at radius 1 is 1.24 bits per heavy atom. The summed E-state index contributed by atoms with van der Waals surface area (Å²) in [6, 6.07) is 14.1. The van der Waals surface area contributed by atoms with E-state index in [2.05, 4.69) is 16.1 Å². The number of fused-ring (bicyclic) bond motifs is 1. The molecule has 3 aromatic rings. The molecule has 1 heterocycles. The van der Waals surface area contributed by atoms with E-state index in [9.17, 15) is 18.8 Å². The summed E-state index contributed by atoms with van der Waals surface area (Å²) in [6.07, 6.45) is 2.20. The number of halogens is 2. The number of aromatic nitrogens is 1. The first-order chi connectivity index (χ1) is 15.9. The van der Waals surface area contributed by atoms with Crippen LogP contribution in [0, 0.1) is 17.2 Å². The van der Waals surface area contributed by atoms with E-state index < -0.39 is 12.7 Å². The number of benzene rings is 2. The second-order valence-electron chi connectivity index (χ2n) is 8.27. The van der Waals surface area contributed by atoms with Crippen LogP contribution in [0.1, 0.15) is 38.7 Å². The zero-order valence-corrected chi connectivity index (χ0v) is 18.5. The molecule has 0 spiro atoms. The van der Waals surface area contributed by atoms with Gasteiger partial charge in [0.15, 0.2) is 0 Å². The largest absolute Gasteiger partial charge is 0.446 e. The Morgan fingerprint density at radius 3 is 2.58 bits per heavy atom. The van der Waals surface area contributed by atoms with E-state index in [1.54, 1.807) is 24.3 Å². The average molecular weight is 453 g/mol. The Bertz CT molecular complexity index is 1190. The number of carbonyl (C=O) groups excluding carboxylic acids is 1. The van der Waals surface area contributed by atoms with Crippen molar-refractivity contribution >= 4 is 22.7 Å². The van der Waals surface area contributed by atoms with Gasteiger partial charge in [-0.3, -0.25) is 5.32 Å². The predicted molar refractivity (Wildman–Crippen MR) is 121 cm³/mol. The highest BCUT2D eigenvalue weighted by atomic mass is 19.3. The van der Waals surface area contributed by atoms with Crippen LogP contribution in [0.5, 0.6) is 5.75 Å². The van der Waals surface area contributed by atoms with E-state index in [1.807, 2.05) is 30.5 Å². The van der Waals surface area contributed by atoms with Gasteiger partial charge in [0.05, 0.1) is 16.8 Å². The zero-order chi connectivity index (χ0) is 23.5. The number of nitrogens with one attached hydrogen (secondary N) is 1. The maximum absolute atomic E-state index is 12.8. The zero-order valence-electron chi connectivity index (χ0n) is 18.5. The van der Waals surface area contributed by atoms with Crippen LogP contribution in [0.3, 0.4) is 0 Å². The van der Waals surface area contributed by atoms with Gasteiger partial charge in [-0.25, -0.2) is 4.79 Å². The molecule has 1 amide bonds. The summed E-state index contributed by atoms with van der Waals surface area (Å²) >= 11 is 0. The van der Waals surface area contributed by atoms with E-state index in [1.165, 1.54) is 6.07 Å². The number of amides is 1. The van der Waals surface area contributed by atoms with Crippen LogP contribution < -0.4 is 10.1 Å². The molecule has 0 aliphatic heterocycles. The Kier molecular flexibility index (Phi) is 6.50. The van der Waals surface area contributed by atoms with Gasteiger partial charge in [0.25, 0.3) is 0 Å². The molecule has 1 atom stereocenters. The van der Waals surface area contributed by atoms with Gasteiger partial charge in [0.2, 0.25) is 0 Å². The first kappa shape index (κ1) is 22.6. The van der Waals surface area contributed by atoms with Gasteiger partial charge >= 0.3 is 12.7 Å². The van der Waals surface area contributed by atoms with E-state index in [-0.39, 0.29) is 11.9 Å². The smallest absolute Gasteiger partial charge is 0.411 e. The first-order valence-electron chi connectivity index (χ1n) is 11.0. The number of hydrogen-bond donors (Lipinski definition) is 1. The minimum absolute atomic E-state index is 0.0578. The quantitative estimate of drug-likeness (QED) is 0.420. The minimum Gasteiger partial charge on any atom is -0.446 e. The number of nitrogens with zero attached hydrogens (tertiary/aromatic N) is 2. The highest BCUT2D eigenvalue weighted by Crippen LogP contribution is 2.39. The van der Waals surface area contributed by atoms with Crippen molar-refractivity contribution in [2.75, 3.05) is 5.32 Å². The molecule has 0 radical (unpaired) electrons. The Balaban J connectivity index is 1.71. The maximum atomic E-state index is 12.8. The maximum Gasteiger partial charge on any atom is 0.411 e. The third-order valence-electron chi connectivity index (χ3n) is 5.80. The lowest BCUT2D eigenvalue weighted by Gasteiger charge is -2.13. The van der Waals surface area contributed by atoms with Gasteiger partial charge < -0.3 is 14.0 Å². The lowest BCUT2D eigenvalue weighted by atomic mass is 10.1. The third kappa shape index (κ3) is 5.08. The van der Waals surface area contributed by atoms with Crippen LogP contribution in [0.25, 0.3) is 22.2 Å². The molecule has 0 saturated heterocycles. The van der Waals surface area contributed by atoms with Crippen molar-refractivity contribution in [2.24, 2.45) is 5.92 Å². The molecule has 6 nitrogen and oxygen atoms in total. The molecule has 1 unspecified atom stereocenters. The highest BCUT2D eigenvalue weighted by Gasteiger charge is 2.27. The highest BCUT2D eigenvalue weighted by molar-refractivity contribution is 5.95. The summed E-state index contributed by atoms with van der Waals surface area (Å²) in [5, 5.41) is 13.3. The monoisotopic (exact) mass is 453 g/mol. The second-order valence-corrected chi connectivity index (χ2v) is 8.27. The molecule has 1 aliphatic rings. The van der Waals surface area contributed by atoms with Crippen molar-refractivity contribution in [3.05, 3.63) is 48.0 Å². The third-order valence-corrected chi connectivity index (χ3v) is 5.80. The van der Waals surface area contributed by atoms with E-state index in [0.717, 1.165) is 30.5 Å². The summed E-state index contributed by atoms with van der Waals surface area (Å²) in [6.45, 7) is 1.52. The molecule has 8 heteroatoms. The Hall–Kier alpha value is -3.60. The number of alkyl halides is 2. The topological polar surface area (TPSA) is 76.3 Å². The number of rotatable bonds is 8. The van der Waals surface area contributed by atoms with Gasteiger partial charge in [-0.1, -0.05) is 19.1 Å². The van der Waals surface area contributed by atoms with Crippen LogP contribution in [0.15, 0.2) is 42.5 Å². The molecule has 2 aromatic carbocycles. The SMILES string of the molecule is CCC(C)OC(=O)Nc1ccc(-c2c(C#N)c3ccc(OC(F)F)cc3n2CC2CC2)cc1. The molecule has 33 heavy (non-hydrogen) atoms. The average Bonchev–Trinajstić information content (AvgIpc) is 3.55. The summed E-state index contributed by atoms with van der Waals surface area (Å²) in [5.41, 5.74) is 3.25. The fourth-order valence-electron chi connectivity index (χ4n) is 3.79. The lowest BCUT2D eigenvalue weighted by molar-refractivity contribution is -0.0497. The first-order valence-corrected chi connectivity index (χ1v) is 11.0. The van der Waals surface area contributed by atoms with Gasteiger partial charge in [-0.2, -0.15) is 14.0 Å². The predicted octanol–water partition coefficient (Wildman–Crippen LogP) is 6.54. The molecule has 4 rings (SSSR count). The van der Waals surface area contributed by atoms with Gasteiger partial charge in [-0.05, 0) is 61.9 Å². The second kappa shape index (κ2) is 9.49. The summed E-state index contributed by atoms with van der Waals surface area (Å²) < 4.78 is 37.4. The minimum atomic E-state index is -2.92. The van der Waals surface area contributed by atoms with Crippen LogP contribution in [-0.2, 0) is 11.3 Å². The standard InChI is InChI=1S/C25H25F2N3O3/c1-3-15(2)32-25(31)29-18-8-6-17(7-9-18)23-21(13-28)20-11-10-19(33-24(26)27)12-22(20)30(23)14-16-4-5-16/h6-12,15-16,24H,3-5,14H2,1-2H3,(H,29,31). The van der Waals surface area contributed by atoms with Gasteiger partial charge in [0, 0.05) is 23.7 Å². The Labute approximate surface area is 190 Å². The number of nitriles is 1. The summed E-state index contributed by atoms with van der Waals surface area (Å²) in [7, 11) is 0. The van der Waals surface area contributed by atoms with Gasteiger partial charge in [-0.15, -0.1) is 0 Å². The fourth-order valence-corrected chi connectivity index (χ4v) is 3.79. The van der Waals surface area contributed by atoms with Crippen LogP contribution >= 0.6 is 0 Å². The van der Waals surface area contributed by atoms with Crippen molar-refractivity contribution in [3.8, 4) is 23.1 Å². The number of anilines is 1. The molecular weight excluding hydrogens is 428 g/mol. The van der Waals surface area contributed by atoms with Gasteiger partial charge in [0.1, 0.15) is 17.9 Å². The molecule has 1 N–H and O–H groups in total. The number of ether oxygens (including phenoxy) is 2. The Morgan fingerprint density at radius 2 is 1.97 bits per heavy atom. The normalized spacial score (nSPS) is 14.2. The molecule has 1 fully saturated rings. The molecule has 1 saturated carbocycles. The van der Waals surface area contributed by atoms with Crippen molar-refractivity contribution in [1.29, 1.82) is 5.26 Å². The number of hydrogen-bond acceptors (Lipinski definition) is 4. The molecule has 172 valence electrons. The van der Waals surface area contributed by atoms with Crippen molar-refractivity contribution in [2.45, 2.75) is 52.4 Å². The molecular formula is C25H25F2N3O3. The van der Waals surface area contributed by atoms with Crippen molar-refractivity contribution < 1.29 is 23.0 Å². The van der Waals surface area contributed by atoms with E-state index in [0.29, 0.717) is 34.6 Å². The summed E-state index contributed by atoms with van der Waals surface area (Å²) in [4.78, 5) is 12.0. The molecule has 1 aliphatic carbocycles. The van der Waals surface area contributed by atoms with E-state index in [4.69, 9.17) is 4.74 Å². The van der Waals surface area contributed by atoms with Crippen LogP contribution in [0.4, 0.5) is 19.3 Å². The van der Waals surface area contributed by atoms with E-state index >= 15 is 0 Å². The van der Waals surface area contributed by atoms with Crippen LogP contribution in [0.2, 0.25) is 0 Å². The van der Waals surface area contributed by atoms with Crippen LogP contribution in [-0.4, -0.2) is 23.4 Å². The fraction of sp³-hybridized carbons (Fsp3) is 0.360. The number of carbonyl (C=O) groups is 1.